The van der Waals surface area contributed by atoms with Crippen molar-refractivity contribution in [2.45, 2.75) is 5.92 Å². The number of carbonyl (C=O) groups excluding carboxylic acids is 3. The Morgan fingerprint density at radius 1 is 1.12 bits per heavy atom. The number of phenolic OH excluding ortho intramolecular Hbond substituents is 1. The largest absolute Gasteiger partial charge is 0.508 e. The first-order chi connectivity index (χ1) is 7.99. The van der Waals surface area contributed by atoms with Crippen LogP contribution in [0.2, 0.25) is 0 Å². The Labute approximate surface area is 95.6 Å². The predicted molar refractivity (Wildman–Crippen MR) is 56.9 cm³/mol. The molecule has 1 aromatic rings. The van der Waals surface area contributed by atoms with Crippen LogP contribution in [-0.2, 0) is 9.59 Å². The highest BCUT2D eigenvalue weighted by molar-refractivity contribution is 6.19. The van der Waals surface area contributed by atoms with Crippen LogP contribution in [0.3, 0.4) is 0 Å². The molecule has 0 unspecified atom stereocenters. The first-order valence-corrected chi connectivity index (χ1v) is 4.73. The molecule has 0 bridgehead atoms. The van der Waals surface area contributed by atoms with Crippen molar-refractivity contribution >= 4 is 23.5 Å². The SMILES string of the molecule is Nc1ccc(O)cc1C1C(=O)NC(=O)NC1=O. The Hall–Kier alpha value is -2.57. The molecule has 1 saturated heterocycles. The highest BCUT2D eigenvalue weighted by Crippen LogP contribution is 2.27. The van der Waals surface area contributed by atoms with Gasteiger partial charge in [-0.25, -0.2) is 4.79 Å². The Bertz CT molecular complexity index is 506. The topological polar surface area (TPSA) is 122 Å². The summed E-state index contributed by atoms with van der Waals surface area (Å²) in [6.07, 6.45) is 0. The van der Waals surface area contributed by atoms with Gasteiger partial charge in [0.15, 0.2) is 0 Å². The molecule has 0 saturated carbocycles. The summed E-state index contributed by atoms with van der Waals surface area (Å²) < 4.78 is 0. The maximum absolute atomic E-state index is 11.5. The van der Waals surface area contributed by atoms with Crippen LogP contribution < -0.4 is 16.4 Å². The second-order valence-corrected chi connectivity index (χ2v) is 3.55. The van der Waals surface area contributed by atoms with Gasteiger partial charge >= 0.3 is 6.03 Å². The van der Waals surface area contributed by atoms with Crippen molar-refractivity contribution < 1.29 is 19.5 Å². The van der Waals surface area contributed by atoms with Crippen LogP contribution in [-0.4, -0.2) is 23.0 Å². The summed E-state index contributed by atoms with van der Waals surface area (Å²) in [6.45, 7) is 0. The second kappa shape index (κ2) is 3.78. The number of rotatable bonds is 1. The van der Waals surface area contributed by atoms with E-state index in [0.29, 0.717) is 0 Å². The summed E-state index contributed by atoms with van der Waals surface area (Å²) in [6, 6.07) is 3.06. The normalized spacial score (nSPS) is 16.6. The van der Waals surface area contributed by atoms with Gasteiger partial charge in [-0.1, -0.05) is 0 Å². The lowest BCUT2D eigenvalue weighted by atomic mass is 9.94. The fraction of sp³-hybridized carbons (Fsp3) is 0.100. The van der Waals surface area contributed by atoms with E-state index in [9.17, 15) is 19.5 Å². The lowest BCUT2D eigenvalue weighted by Gasteiger charge is -2.21. The van der Waals surface area contributed by atoms with Crippen molar-refractivity contribution in [1.82, 2.24) is 10.6 Å². The monoisotopic (exact) mass is 235 g/mol. The third kappa shape index (κ3) is 1.89. The van der Waals surface area contributed by atoms with Crippen LogP contribution in [0.25, 0.3) is 0 Å². The number of nitrogens with one attached hydrogen (secondary N) is 2. The predicted octanol–water partition coefficient (Wildman–Crippen LogP) is -0.576. The molecule has 0 aromatic heterocycles. The average Bonchev–Trinajstić information content (AvgIpc) is 2.21. The maximum atomic E-state index is 11.5. The van der Waals surface area contributed by atoms with E-state index in [1.54, 1.807) is 0 Å². The van der Waals surface area contributed by atoms with Crippen LogP contribution in [0.5, 0.6) is 5.75 Å². The number of imide groups is 2. The van der Waals surface area contributed by atoms with Crippen LogP contribution in [0.15, 0.2) is 18.2 Å². The highest BCUT2D eigenvalue weighted by Gasteiger charge is 2.36. The molecule has 2 rings (SSSR count). The number of carbonyl (C=O) groups is 3. The minimum atomic E-state index is -1.24. The smallest absolute Gasteiger partial charge is 0.328 e. The quantitative estimate of drug-likeness (QED) is 0.295. The van der Waals surface area contributed by atoms with E-state index in [4.69, 9.17) is 5.73 Å². The van der Waals surface area contributed by atoms with Crippen LogP contribution >= 0.6 is 0 Å². The number of amides is 4. The van der Waals surface area contributed by atoms with Gasteiger partial charge in [0.2, 0.25) is 11.8 Å². The van der Waals surface area contributed by atoms with E-state index in [-0.39, 0.29) is 17.0 Å². The number of aromatic hydroxyl groups is 1. The Kier molecular flexibility index (Phi) is 2.43. The molecule has 4 amide bonds. The molecule has 0 radical (unpaired) electrons. The summed E-state index contributed by atoms with van der Waals surface area (Å²) in [4.78, 5) is 34.0. The molecule has 7 nitrogen and oxygen atoms in total. The van der Waals surface area contributed by atoms with Crippen molar-refractivity contribution in [2.24, 2.45) is 0 Å². The molecule has 5 N–H and O–H groups in total. The number of hydrogen-bond acceptors (Lipinski definition) is 5. The molecule has 0 aliphatic carbocycles. The maximum Gasteiger partial charge on any atom is 0.328 e. The summed E-state index contributed by atoms with van der Waals surface area (Å²) in [5.74, 6) is -2.89. The summed E-state index contributed by atoms with van der Waals surface area (Å²) in [5.41, 5.74) is 5.97. The minimum absolute atomic E-state index is 0.119. The zero-order valence-corrected chi connectivity index (χ0v) is 8.56. The number of barbiturate groups is 1. The number of anilines is 1. The van der Waals surface area contributed by atoms with Gasteiger partial charge in [0.25, 0.3) is 0 Å². The van der Waals surface area contributed by atoms with Gasteiger partial charge in [-0.05, 0) is 18.2 Å². The molecule has 0 spiro atoms. The van der Waals surface area contributed by atoms with E-state index in [2.05, 4.69) is 0 Å². The number of nitrogen functional groups attached to an aromatic ring is 1. The van der Waals surface area contributed by atoms with E-state index < -0.39 is 23.8 Å². The van der Waals surface area contributed by atoms with Gasteiger partial charge in [-0.2, -0.15) is 0 Å². The van der Waals surface area contributed by atoms with Gasteiger partial charge in [-0.3, -0.25) is 20.2 Å². The van der Waals surface area contributed by atoms with Gasteiger partial charge in [0.1, 0.15) is 11.7 Å². The number of urea groups is 1. The Balaban J connectivity index is 2.45. The number of hydrogen-bond donors (Lipinski definition) is 4. The van der Waals surface area contributed by atoms with Crippen molar-refractivity contribution in [3.05, 3.63) is 23.8 Å². The fourth-order valence-electron chi connectivity index (χ4n) is 1.61. The van der Waals surface area contributed by atoms with E-state index in [1.807, 2.05) is 10.6 Å². The summed E-state index contributed by atoms with van der Waals surface area (Å²) >= 11 is 0. The molecule has 1 aromatic carbocycles. The second-order valence-electron chi connectivity index (χ2n) is 3.55. The van der Waals surface area contributed by atoms with E-state index in [0.717, 1.165) is 0 Å². The molecular formula is C10H9N3O4. The average molecular weight is 235 g/mol. The van der Waals surface area contributed by atoms with Crippen LogP contribution in [0.1, 0.15) is 11.5 Å². The lowest BCUT2D eigenvalue weighted by Crippen LogP contribution is -2.54. The molecule has 1 aliphatic heterocycles. The van der Waals surface area contributed by atoms with Crippen molar-refractivity contribution in [3.63, 3.8) is 0 Å². The van der Waals surface area contributed by atoms with Crippen molar-refractivity contribution in [2.75, 3.05) is 5.73 Å². The minimum Gasteiger partial charge on any atom is -0.508 e. The highest BCUT2D eigenvalue weighted by atomic mass is 16.3. The molecule has 7 heteroatoms. The molecule has 1 fully saturated rings. The molecular weight excluding hydrogens is 226 g/mol. The third-order valence-corrected chi connectivity index (χ3v) is 2.38. The zero-order valence-electron chi connectivity index (χ0n) is 8.56. The molecule has 1 aliphatic rings. The first-order valence-electron chi connectivity index (χ1n) is 4.73. The molecule has 0 atom stereocenters. The Morgan fingerprint density at radius 3 is 2.29 bits per heavy atom. The molecule has 17 heavy (non-hydrogen) atoms. The van der Waals surface area contributed by atoms with Gasteiger partial charge in [-0.15, -0.1) is 0 Å². The van der Waals surface area contributed by atoms with E-state index in [1.165, 1.54) is 18.2 Å². The number of nitrogens with two attached hydrogens (primary N) is 1. The number of benzene rings is 1. The van der Waals surface area contributed by atoms with Gasteiger partial charge < -0.3 is 10.8 Å². The van der Waals surface area contributed by atoms with Crippen LogP contribution in [0, 0.1) is 0 Å². The fourth-order valence-corrected chi connectivity index (χ4v) is 1.61. The van der Waals surface area contributed by atoms with Gasteiger partial charge in [0.05, 0.1) is 0 Å². The summed E-state index contributed by atoms with van der Waals surface area (Å²) in [5, 5.41) is 13.2. The van der Waals surface area contributed by atoms with Crippen LogP contribution in [0.4, 0.5) is 10.5 Å². The van der Waals surface area contributed by atoms with Crippen molar-refractivity contribution in [3.8, 4) is 5.75 Å². The standard InChI is InChI=1S/C10H9N3O4/c11-6-2-1-4(14)3-5(6)7-8(15)12-10(17)13-9(7)16/h1-3,7,14H,11H2,(H2,12,13,15,16,17). The first kappa shape index (κ1) is 10.9. The number of phenols is 1. The van der Waals surface area contributed by atoms with E-state index >= 15 is 0 Å². The zero-order chi connectivity index (χ0) is 12.6. The summed E-state index contributed by atoms with van der Waals surface area (Å²) in [7, 11) is 0. The molecule has 1 heterocycles. The van der Waals surface area contributed by atoms with Crippen molar-refractivity contribution in [1.29, 1.82) is 0 Å². The lowest BCUT2D eigenvalue weighted by molar-refractivity contribution is -0.132. The third-order valence-electron chi connectivity index (χ3n) is 2.38. The molecule has 88 valence electrons. The Morgan fingerprint density at radius 2 is 1.71 bits per heavy atom. The van der Waals surface area contributed by atoms with Gasteiger partial charge in [0, 0.05) is 11.3 Å².